The molecule has 0 fully saturated rings. The summed E-state index contributed by atoms with van der Waals surface area (Å²) in [5, 5.41) is 3.56. The highest BCUT2D eigenvalue weighted by Gasteiger charge is 2.12. The summed E-state index contributed by atoms with van der Waals surface area (Å²) in [4.78, 5) is 29.2. The molecule has 1 N–H and O–H groups in total. The molecule has 0 bridgehead atoms. The number of carbonyl (C=O) groups is 2. The van der Waals surface area contributed by atoms with E-state index in [9.17, 15) is 9.59 Å². The third kappa shape index (κ3) is 5.99. The lowest BCUT2D eigenvalue weighted by molar-refractivity contribution is -0.116. The molecule has 0 aliphatic rings. The van der Waals surface area contributed by atoms with E-state index in [0.29, 0.717) is 17.0 Å². The van der Waals surface area contributed by atoms with E-state index in [-0.39, 0.29) is 11.7 Å². The molecule has 0 aliphatic heterocycles. The summed E-state index contributed by atoms with van der Waals surface area (Å²) < 4.78 is 0. The Balaban J connectivity index is 1.87. The second-order valence-corrected chi connectivity index (χ2v) is 6.77. The maximum atomic E-state index is 12.5. The second-order valence-electron chi connectivity index (χ2n) is 6.29. The van der Waals surface area contributed by atoms with Crippen molar-refractivity contribution in [2.24, 2.45) is 0 Å². The van der Waals surface area contributed by atoms with E-state index in [1.54, 1.807) is 6.20 Å². The number of thiol groups is 1. The third-order valence-corrected chi connectivity index (χ3v) is 4.56. The third-order valence-electron chi connectivity index (χ3n) is 4.22. The first-order valence-corrected chi connectivity index (χ1v) is 9.65. The Morgan fingerprint density at radius 1 is 1.08 bits per heavy atom. The van der Waals surface area contributed by atoms with E-state index in [1.165, 1.54) is 37.8 Å². The molecule has 5 heteroatoms. The van der Waals surface area contributed by atoms with Gasteiger partial charge in [-0.2, -0.15) is 0 Å². The summed E-state index contributed by atoms with van der Waals surface area (Å²) in [5.74, 6) is -0.491. The van der Waals surface area contributed by atoms with Crippen LogP contribution in [0.1, 0.15) is 55.8 Å². The van der Waals surface area contributed by atoms with E-state index < -0.39 is 0 Å². The number of allylic oxidation sites excluding steroid dienone is 1. The molecule has 0 saturated carbocycles. The minimum Gasteiger partial charge on any atom is -0.353 e. The number of rotatable bonds is 10. The van der Waals surface area contributed by atoms with Gasteiger partial charge >= 0.3 is 0 Å². The number of nitrogens with zero attached hydrogens (tertiary/aromatic N) is 1. The van der Waals surface area contributed by atoms with Crippen LogP contribution in [-0.2, 0) is 4.79 Å². The van der Waals surface area contributed by atoms with Crippen LogP contribution in [0.25, 0.3) is 10.9 Å². The van der Waals surface area contributed by atoms with Crippen LogP contribution in [-0.4, -0.2) is 23.2 Å². The van der Waals surface area contributed by atoms with Gasteiger partial charge in [0.1, 0.15) is 0 Å². The number of fused-ring (bicyclic) bond motifs is 1. The van der Waals surface area contributed by atoms with Crippen LogP contribution in [0.3, 0.4) is 0 Å². The fourth-order valence-corrected chi connectivity index (χ4v) is 3.09. The SMILES string of the molecule is CCCCCCCCNC(=O)C=CC(=O)c1c(S)cnc2ccccc12. The molecule has 0 atom stereocenters. The minimum atomic E-state index is -0.247. The molecule has 138 valence electrons. The molecular formula is C21H26N2O2S. The van der Waals surface area contributed by atoms with Crippen molar-refractivity contribution in [3.05, 3.63) is 48.2 Å². The number of unbranched alkanes of at least 4 members (excludes halogenated alkanes) is 5. The highest BCUT2D eigenvalue weighted by atomic mass is 32.1. The fraction of sp³-hybridized carbons (Fsp3) is 0.381. The Labute approximate surface area is 160 Å². The van der Waals surface area contributed by atoms with Crippen molar-refractivity contribution >= 4 is 35.2 Å². The maximum Gasteiger partial charge on any atom is 0.244 e. The van der Waals surface area contributed by atoms with Crippen LogP contribution in [0.5, 0.6) is 0 Å². The van der Waals surface area contributed by atoms with Crippen molar-refractivity contribution < 1.29 is 9.59 Å². The van der Waals surface area contributed by atoms with Gasteiger partial charge in [0.2, 0.25) is 5.91 Å². The van der Waals surface area contributed by atoms with Crippen molar-refractivity contribution in [3.8, 4) is 0 Å². The van der Waals surface area contributed by atoms with Gasteiger partial charge in [0.15, 0.2) is 5.78 Å². The number of para-hydroxylation sites is 1. The molecule has 2 rings (SSSR count). The van der Waals surface area contributed by atoms with Gasteiger partial charge in [0.25, 0.3) is 0 Å². The zero-order valence-electron chi connectivity index (χ0n) is 15.2. The standard InChI is InChI=1S/C21H26N2O2S/c1-2-3-4-5-6-9-14-22-20(25)13-12-18(24)21-16-10-7-8-11-17(16)23-15-19(21)26/h7-8,10-13,15,26H,2-6,9,14H2,1H3,(H,22,25). The molecule has 1 aromatic heterocycles. The maximum absolute atomic E-state index is 12.5. The molecule has 26 heavy (non-hydrogen) atoms. The molecule has 0 unspecified atom stereocenters. The molecule has 4 nitrogen and oxygen atoms in total. The number of aromatic nitrogens is 1. The summed E-state index contributed by atoms with van der Waals surface area (Å²) in [6.45, 7) is 2.83. The summed E-state index contributed by atoms with van der Waals surface area (Å²) in [6.07, 6.45) is 11.2. The smallest absolute Gasteiger partial charge is 0.244 e. The Morgan fingerprint density at radius 2 is 1.81 bits per heavy atom. The lowest BCUT2D eigenvalue weighted by Crippen LogP contribution is -2.22. The predicted octanol–water partition coefficient (Wildman–Crippen LogP) is 4.74. The zero-order valence-corrected chi connectivity index (χ0v) is 16.1. The van der Waals surface area contributed by atoms with Crippen molar-refractivity contribution in [1.29, 1.82) is 0 Å². The van der Waals surface area contributed by atoms with Crippen LogP contribution in [0.2, 0.25) is 0 Å². The largest absolute Gasteiger partial charge is 0.353 e. The van der Waals surface area contributed by atoms with Crippen molar-refractivity contribution in [2.75, 3.05) is 6.54 Å². The summed E-state index contributed by atoms with van der Waals surface area (Å²) in [6, 6.07) is 7.40. The number of benzene rings is 1. The van der Waals surface area contributed by atoms with E-state index in [2.05, 4.69) is 29.9 Å². The molecule has 1 amide bonds. The molecule has 0 aliphatic carbocycles. The van der Waals surface area contributed by atoms with Crippen molar-refractivity contribution in [3.63, 3.8) is 0 Å². The Morgan fingerprint density at radius 3 is 2.62 bits per heavy atom. The van der Waals surface area contributed by atoms with E-state index in [0.717, 1.165) is 23.7 Å². The second kappa shape index (κ2) is 10.8. The summed E-state index contributed by atoms with van der Waals surface area (Å²) >= 11 is 4.34. The minimum absolute atomic E-state index is 0.244. The van der Waals surface area contributed by atoms with Crippen LogP contribution < -0.4 is 5.32 Å². The molecular weight excluding hydrogens is 344 g/mol. The molecule has 0 spiro atoms. The molecule has 2 aromatic rings. The Hall–Kier alpha value is -2.14. The monoisotopic (exact) mass is 370 g/mol. The van der Waals surface area contributed by atoms with Crippen molar-refractivity contribution in [1.82, 2.24) is 10.3 Å². The zero-order chi connectivity index (χ0) is 18.8. The lowest BCUT2D eigenvalue weighted by Gasteiger charge is -2.06. The van der Waals surface area contributed by atoms with E-state index in [1.807, 2.05) is 24.3 Å². The quantitative estimate of drug-likeness (QED) is 0.275. The number of hydrogen-bond acceptors (Lipinski definition) is 4. The fourth-order valence-electron chi connectivity index (χ4n) is 2.80. The highest BCUT2D eigenvalue weighted by Crippen LogP contribution is 2.23. The van der Waals surface area contributed by atoms with Crippen LogP contribution in [0, 0.1) is 0 Å². The first-order chi connectivity index (χ1) is 12.6. The number of pyridine rings is 1. The van der Waals surface area contributed by atoms with E-state index >= 15 is 0 Å². The van der Waals surface area contributed by atoms with Gasteiger partial charge in [-0.05, 0) is 18.6 Å². The first kappa shape index (κ1) is 20.2. The van der Waals surface area contributed by atoms with Crippen LogP contribution >= 0.6 is 12.6 Å². The van der Waals surface area contributed by atoms with Crippen LogP contribution in [0.4, 0.5) is 0 Å². The number of amides is 1. The Kier molecular flexibility index (Phi) is 8.35. The molecule has 0 radical (unpaired) electrons. The summed E-state index contributed by atoms with van der Waals surface area (Å²) in [7, 11) is 0. The van der Waals surface area contributed by atoms with Gasteiger partial charge in [0.05, 0.1) is 5.52 Å². The molecule has 1 aromatic carbocycles. The van der Waals surface area contributed by atoms with Crippen molar-refractivity contribution in [2.45, 2.75) is 50.3 Å². The van der Waals surface area contributed by atoms with Gasteiger partial charge in [-0.3, -0.25) is 14.6 Å². The number of hydrogen-bond donors (Lipinski definition) is 2. The number of ketones is 1. The predicted molar refractivity (Wildman–Crippen MR) is 109 cm³/mol. The van der Waals surface area contributed by atoms with Gasteiger partial charge in [-0.1, -0.05) is 57.2 Å². The summed E-state index contributed by atoms with van der Waals surface area (Å²) in [5.41, 5.74) is 1.20. The normalized spacial score (nSPS) is 11.2. The molecule has 0 saturated heterocycles. The number of carbonyl (C=O) groups excluding carboxylic acids is 2. The topological polar surface area (TPSA) is 59.1 Å². The van der Waals surface area contributed by atoms with Gasteiger partial charge in [-0.15, -0.1) is 12.6 Å². The van der Waals surface area contributed by atoms with Gasteiger partial charge < -0.3 is 5.32 Å². The van der Waals surface area contributed by atoms with E-state index in [4.69, 9.17) is 0 Å². The number of nitrogens with one attached hydrogen (secondary N) is 1. The highest BCUT2D eigenvalue weighted by molar-refractivity contribution is 7.80. The average Bonchev–Trinajstić information content (AvgIpc) is 2.65. The average molecular weight is 371 g/mol. The van der Waals surface area contributed by atoms with Gasteiger partial charge in [0, 0.05) is 34.7 Å². The Bertz CT molecular complexity index is 787. The lowest BCUT2D eigenvalue weighted by atomic mass is 10.0. The molecule has 1 heterocycles. The van der Waals surface area contributed by atoms with Crippen LogP contribution in [0.15, 0.2) is 47.5 Å². The first-order valence-electron chi connectivity index (χ1n) is 9.20. The van der Waals surface area contributed by atoms with Gasteiger partial charge in [-0.25, -0.2) is 0 Å².